The molecule has 15 nitrogen and oxygen atoms in total. The molecule has 6 rings (SSSR count). The Kier molecular flexibility index (Phi) is 15.0. The average molecular weight is 868 g/mol. The van der Waals surface area contributed by atoms with Crippen molar-refractivity contribution >= 4 is 19.6 Å². The molecule has 3 N–H and O–H groups in total. The average Bonchev–Trinajstić information content (AvgIpc) is 3.58. The molecule has 62 heavy (non-hydrogen) atoms. The van der Waals surface area contributed by atoms with Crippen LogP contribution in [0.1, 0.15) is 57.0 Å². The number of methoxy groups -OCH3 is 2. The number of nitrogens with one attached hydrogen (secondary N) is 2. The molecule has 0 unspecified atom stereocenters. The number of para-hydroxylation sites is 1. The first-order chi connectivity index (χ1) is 29.8. The summed E-state index contributed by atoms with van der Waals surface area (Å²) in [5, 5.41) is 12.5. The Morgan fingerprint density at radius 1 is 0.855 bits per heavy atom. The number of aromatic nitrogens is 2. The van der Waals surface area contributed by atoms with Crippen LogP contribution < -0.4 is 26.0 Å². The Morgan fingerprint density at radius 3 is 1.92 bits per heavy atom. The Labute approximate surface area is 361 Å². The summed E-state index contributed by atoms with van der Waals surface area (Å²) in [6.45, 7) is 7.41. The topological polar surface area (TPSA) is 187 Å². The number of H-pyrrole nitrogens is 1. The van der Waals surface area contributed by atoms with Gasteiger partial charge in [0, 0.05) is 0 Å². The molecule has 328 valence electrons. The van der Waals surface area contributed by atoms with Crippen molar-refractivity contribution in [3.63, 3.8) is 0 Å². The summed E-state index contributed by atoms with van der Waals surface area (Å²) in [4.78, 5) is 54.8. The van der Waals surface area contributed by atoms with Gasteiger partial charge in [-0.05, 0) is 0 Å². The predicted octanol–water partition coefficient (Wildman–Crippen LogP) is 6.98. The maximum atomic E-state index is 13.9. The molecule has 0 spiro atoms. The molecule has 4 aromatic carbocycles. The Bertz CT molecular complexity index is 2330. The van der Waals surface area contributed by atoms with Crippen molar-refractivity contribution in [2.45, 2.75) is 76.3 Å². The third-order valence-electron chi connectivity index (χ3n) is 10.7. The van der Waals surface area contributed by atoms with Gasteiger partial charge in [0.15, 0.2) is 0 Å². The summed E-state index contributed by atoms with van der Waals surface area (Å²) < 4.78 is 41.2. The van der Waals surface area contributed by atoms with Gasteiger partial charge in [0.25, 0.3) is 0 Å². The maximum absolute atomic E-state index is 13.9. The number of carbonyl (C=O) groups is 1. The molecule has 0 bridgehead atoms. The number of benzene rings is 4. The van der Waals surface area contributed by atoms with Gasteiger partial charge in [-0.3, -0.25) is 0 Å². The van der Waals surface area contributed by atoms with E-state index in [0.717, 1.165) is 27.3 Å². The van der Waals surface area contributed by atoms with Crippen molar-refractivity contribution < 1.29 is 37.9 Å². The molecule has 1 amide bonds. The second-order valence-electron chi connectivity index (χ2n) is 15.3. The molecule has 0 radical (unpaired) electrons. The van der Waals surface area contributed by atoms with E-state index in [2.05, 4.69) is 16.4 Å². The van der Waals surface area contributed by atoms with Gasteiger partial charge >= 0.3 is 362 Å². The van der Waals surface area contributed by atoms with E-state index in [0.29, 0.717) is 17.2 Å². The van der Waals surface area contributed by atoms with Crippen LogP contribution in [0.4, 0.5) is 10.5 Å². The van der Waals surface area contributed by atoms with Crippen molar-refractivity contribution in [1.29, 1.82) is 5.26 Å². The first-order valence-corrected chi connectivity index (χ1v) is 22.4. The van der Waals surface area contributed by atoms with Crippen LogP contribution in [0, 0.1) is 11.3 Å². The van der Waals surface area contributed by atoms with E-state index in [1.54, 1.807) is 44.6 Å². The fraction of sp³-hybridized carbons (Fsp3) is 0.348. The van der Waals surface area contributed by atoms with Crippen LogP contribution in [-0.4, -0.2) is 82.6 Å². The van der Waals surface area contributed by atoms with Crippen LogP contribution >= 0.6 is 7.87 Å². The van der Waals surface area contributed by atoms with Crippen molar-refractivity contribution in [2.75, 3.05) is 32.3 Å². The molecule has 1 aliphatic rings. The zero-order chi connectivity index (χ0) is 44.4. The van der Waals surface area contributed by atoms with Crippen molar-refractivity contribution in [3.8, 4) is 17.6 Å². The fourth-order valence-electron chi connectivity index (χ4n) is 8.12. The second-order valence-corrected chi connectivity index (χ2v) is 18.1. The molecule has 4 atom stereocenters. The third kappa shape index (κ3) is 10.1. The van der Waals surface area contributed by atoms with Gasteiger partial charge < -0.3 is 0 Å². The molecule has 5 aromatic rings. The van der Waals surface area contributed by atoms with E-state index in [1.165, 1.54) is 6.20 Å². The van der Waals surface area contributed by atoms with Crippen LogP contribution in [0.3, 0.4) is 0 Å². The number of anilines is 1. The second kappa shape index (κ2) is 20.3. The third-order valence-corrected chi connectivity index (χ3v) is 14.1. The molecule has 1 fully saturated rings. The molecule has 1 aromatic heterocycles. The van der Waals surface area contributed by atoms with Gasteiger partial charge in [-0.1, -0.05) is 0 Å². The van der Waals surface area contributed by atoms with Gasteiger partial charge in [-0.25, -0.2) is 0 Å². The summed E-state index contributed by atoms with van der Waals surface area (Å²) in [5.74, 6) is 1.25. The number of hydrogen-bond donors (Lipinski definition) is 3. The summed E-state index contributed by atoms with van der Waals surface area (Å²) >= 11 is 0. The van der Waals surface area contributed by atoms with Gasteiger partial charge in [0.05, 0.1) is 0 Å². The minimum absolute atomic E-state index is 0.0260. The quantitative estimate of drug-likeness (QED) is 0.0607. The minimum atomic E-state index is -4.15. The first-order valence-electron chi connectivity index (χ1n) is 20.4. The Morgan fingerprint density at radius 2 is 1.40 bits per heavy atom. The van der Waals surface area contributed by atoms with Crippen LogP contribution in [0.15, 0.2) is 131 Å². The van der Waals surface area contributed by atoms with Gasteiger partial charge in [-0.15, -0.1) is 0 Å². The Balaban J connectivity index is 1.53. The summed E-state index contributed by atoms with van der Waals surface area (Å²) in [5.41, 5.74) is -0.191. The summed E-state index contributed by atoms with van der Waals surface area (Å²) in [6.07, 6.45) is -5.01. The van der Waals surface area contributed by atoms with E-state index in [-0.39, 0.29) is 31.3 Å². The molecular formula is C46H54N5O10P. The van der Waals surface area contributed by atoms with Crippen LogP contribution in [-0.2, 0) is 24.3 Å². The van der Waals surface area contributed by atoms with E-state index < -0.39 is 55.4 Å². The molecule has 0 aliphatic carbocycles. The number of ether oxygens (including phenoxy) is 5. The van der Waals surface area contributed by atoms with Gasteiger partial charge in [-0.2, -0.15) is 0 Å². The van der Waals surface area contributed by atoms with Crippen molar-refractivity contribution in [1.82, 2.24) is 14.2 Å². The monoisotopic (exact) mass is 867 g/mol. The molecule has 16 heteroatoms. The number of amides is 1. The van der Waals surface area contributed by atoms with E-state index in [4.69, 9.17) is 28.2 Å². The van der Waals surface area contributed by atoms with Gasteiger partial charge in [0.1, 0.15) is 0 Å². The number of hydrogen-bond acceptors (Lipinski definition) is 12. The van der Waals surface area contributed by atoms with Gasteiger partial charge in [0.2, 0.25) is 0 Å². The Hall–Kier alpha value is -5.85. The summed E-state index contributed by atoms with van der Waals surface area (Å²) in [7, 11) is -0.982. The number of carbonyl (C=O) groups excluding carboxylic acids is 1. The van der Waals surface area contributed by atoms with Crippen LogP contribution in [0.25, 0.3) is 0 Å². The normalized spacial score (nSPS) is 18.1. The molecule has 1 aliphatic heterocycles. The van der Waals surface area contributed by atoms with E-state index in [1.807, 2.05) is 111 Å². The van der Waals surface area contributed by atoms with Crippen molar-refractivity contribution in [2.24, 2.45) is 0 Å². The first kappa shape index (κ1) is 45.7. The zero-order valence-corrected chi connectivity index (χ0v) is 36.6. The van der Waals surface area contributed by atoms with Crippen LogP contribution in [0.2, 0.25) is 0 Å². The SMILES string of the molecule is COc1ccc(C(OC[C@H]2O[C@@H](n3ccc(=O)[nH]c3=O)[C@H](OC(=O)Nc3ccccc3)[C@@H]2O[PH](O)(CCC#N)N(C(C)C)C(C)C)(c2ccccc2)c2ccc(OC)cc2)cc1. The van der Waals surface area contributed by atoms with Crippen LogP contribution in [0.5, 0.6) is 11.5 Å². The fourth-order valence-corrected chi connectivity index (χ4v) is 11.4. The van der Waals surface area contributed by atoms with Crippen molar-refractivity contribution in [3.05, 3.63) is 159 Å². The molecular weight excluding hydrogens is 814 g/mol. The predicted molar refractivity (Wildman–Crippen MR) is 236 cm³/mol. The molecule has 2 heterocycles. The number of nitriles is 1. The standard InChI is InChI=1S/C46H54N5O10P/c1-31(2)51(32(3)4)62(55,29-13-27-47)61-41-39(59-43(50-28-26-40(52)49-44(50)53)42(41)60-45(54)48-36-16-11-8-12-17-36)30-58-46(33-14-9-7-10-15-33,34-18-22-37(56-5)23-19-34)35-20-24-38(57-6)25-21-35/h7-12,14-26,28,31-32,39,41-43,55,62H,13,29-30H2,1-6H3,(H,48,54)(H,49,52,53)/t39-,41-,42-,43-/m1/s1. The number of aromatic amines is 1. The molecule has 0 saturated carbocycles. The summed E-state index contributed by atoms with van der Waals surface area (Å²) in [6, 6.07) is 36.0. The van der Waals surface area contributed by atoms with E-state index >= 15 is 0 Å². The molecule has 1 saturated heterocycles. The zero-order valence-electron chi connectivity index (χ0n) is 35.6. The number of rotatable bonds is 18. The van der Waals surface area contributed by atoms with E-state index in [9.17, 15) is 24.5 Å². The number of nitrogens with zero attached hydrogens (tertiary/aromatic N) is 3.